The number of benzene rings is 2. The number of fused-ring (bicyclic) bond motifs is 1. The Morgan fingerprint density at radius 1 is 1.00 bits per heavy atom. The monoisotopic (exact) mass is 349 g/mol. The van der Waals surface area contributed by atoms with Gasteiger partial charge in [-0.1, -0.05) is 42.5 Å². The van der Waals surface area contributed by atoms with Crippen molar-refractivity contribution in [1.29, 1.82) is 0 Å². The highest BCUT2D eigenvalue weighted by atomic mass is 16.2. The van der Waals surface area contributed by atoms with Gasteiger partial charge in [0.15, 0.2) is 0 Å². The Hall–Kier alpha value is -1.91. The number of piperazine rings is 1. The molecule has 0 aromatic heterocycles. The maximum atomic E-state index is 13.1. The lowest BCUT2D eigenvalue weighted by Gasteiger charge is -2.32. The molecule has 3 atom stereocenters. The van der Waals surface area contributed by atoms with E-state index in [0.29, 0.717) is 17.9 Å². The molecule has 3 aliphatic rings. The molecule has 0 bridgehead atoms. The van der Waals surface area contributed by atoms with Gasteiger partial charge in [0.1, 0.15) is 0 Å². The first-order chi connectivity index (χ1) is 12.8. The number of likely N-dealkylation sites (tertiary alicyclic amines) is 1. The number of carbonyl (C=O) groups excluding carboxylic acids is 1. The second-order valence-corrected chi connectivity index (χ2v) is 8.03. The summed E-state index contributed by atoms with van der Waals surface area (Å²) in [5, 5.41) is 6.01. The van der Waals surface area contributed by atoms with Crippen LogP contribution in [0.3, 0.4) is 0 Å². The number of amides is 1. The maximum Gasteiger partial charge on any atom is 0.226 e. The third kappa shape index (κ3) is 2.91. The molecule has 1 amide bonds. The average molecular weight is 349 g/mol. The van der Waals surface area contributed by atoms with Crippen molar-refractivity contribution in [2.75, 3.05) is 39.3 Å². The Bertz CT molecular complexity index is 809. The van der Waals surface area contributed by atoms with Gasteiger partial charge in [0.25, 0.3) is 0 Å². The van der Waals surface area contributed by atoms with Gasteiger partial charge in [-0.25, -0.2) is 0 Å². The van der Waals surface area contributed by atoms with Crippen molar-refractivity contribution in [2.45, 2.75) is 24.8 Å². The molecular formula is C22H27N3O. The van der Waals surface area contributed by atoms with Crippen molar-refractivity contribution < 1.29 is 4.79 Å². The third-order valence-corrected chi connectivity index (χ3v) is 6.47. The molecule has 2 aromatic carbocycles. The minimum Gasteiger partial charge on any atom is -0.341 e. The van der Waals surface area contributed by atoms with E-state index < -0.39 is 0 Å². The van der Waals surface area contributed by atoms with E-state index >= 15 is 0 Å². The summed E-state index contributed by atoms with van der Waals surface area (Å²) in [5.74, 6) is 0.995. The van der Waals surface area contributed by atoms with E-state index in [1.54, 1.807) is 0 Å². The molecule has 2 aliphatic heterocycles. The zero-order chi connectivity index (χ0) is 17.5. The number of carbonyl (C=O) groups is 1. The van der Waals surface area contributed by atoms with Crippen LogP contribution in [0.25, 0.3) is 10.8 Å². The topological polar surface area (TPSA) is 35.6 Å². The fourth-order valence-electron chi connectivity index (χ4n) is 4.91. The molecule has 5 rings (SSSR count). The largest absolute Gasteiger partial charge is 0.341 e. The smallest absolute Gasteiger partial charge is 0.226 e. The predicted octanol–water partition coefficient (Wildman–Crippen LogP) is 2.45. The van der Waals surface area contributed by atoms with E-state index in [9.17, 15) is 4.79 Å². The van der Waals surface area contributed by atoms with E-state index in [2.05, 4.69) is 57.6 Å². The second kappa shape index (κ2) is 6.67. The van der Waals surface area contributed by atoms with Gasteiger partial charge in [0.2, 0.25) is 5.91 Å². The van der Waals surface area contributed by atoms with Crippen LogP contribution >= 0.6 is 0 Å². The van der Waals surface area contributed by atoms with Gasteiger partial charge in [-0.2, -0.15) is 0 Å². The molecule has 26 heavy (non-hydrogen) atoms. The molecule has 0 spiro atoms. The summed E-state index contributed by atoms with van der Waals surface area (Å²) < 4.78 is 0. The van der Waals surface area contributed by atoms with Gasteiger partial charge in [-0.3, -0.25) is 9.69 Å². The lowest BCUT2D eigenvalue weighted by atomic mass is 10.00. The minimum absolute atomic E-state index is 0.197. The van der Waals surface area contributed by atoms with Crippen LogP contribution in [0, 0.1) is 5.92 Å². The van der Waals surface area contributed by atoms with Crippen molar-refractivity contribution in [3.8, 4) is 0 Å². The number of hydrogen-bond acceptors (Lipinski definition) is 3. The summed E-state index contributed by atoms with van der Waals surface area (Å²) >= 11 is 0. The van der Waals surface area contributed by atoms with Gasteiger partial charge in [-0.05, 0) is 35.1 Å². The van der Waals surface area contributed by atoms with E-state index in [1.165, 1.54) is 16.3 Å². The van der Waals surface area contributed by atoms with Crippen molar-refractivity contribution in [3.05, 3.63) is 48.0 Å². The van der Waals surface area contributed by atoms with Crippen LogP contribution < -0.4 is 5.32 Å². The highest BCUT2D eigenvalue weighted by Crippen LogP contribution is 2.50. The van der Waals surface area contributed by atoms with Crippen LogP contribution in [0.2, 0.25) is 0 Å². The van der Waals surface area contributed by atoms with Crippen molar-refractivity contribution in [2.24, 2.45) is 5.92 Å². The molecule has 3 unspecified atom stereocenters. The van der Waals surface area contributed by atoms with Crippen LogP contribution in [0.15, 0.2) is 42.5 Å². The summed E-state index contributed by atoms with van der Waals surface area (Å²) in [6.45, 7) is 6.26. The van der Waals surface area contributed by atoms with Gasteiger partial charge < -0.3 is 10.2 Å². The molecule has 2 aromatic rings. The number of hydrogen-bond donors (Lipinski definition) is 1. The lowest BCUT2D eigenvalue weighted by Crippen LogP contribution is -2.49. The molecule has 1 aliphatic carbocycles. The van der Waals surface area contributed by atoms with Gasteiger partial charge in [-0.15, -0.1) is 0 Å². The fraction of sp³-hybridized carbons (Fsp3) is 0.500. The number of nitrogens with zero attached hydrogens (tertiary/aromatic N) is 2. The Labute approximate surface area is 155 Å². The number of rotatable bonds is 3. The molecule has 4 heteroatoms. The normalized spacial score (nSPS) is 29.2. The first-order valence-corrected chi connectivity index (χ1v) is 10.0. The molecule has 0 radical (unpaired) electrons. The number of nitrogens with one attached hydrogen (secondary N) is 1. The van der Waals surface area contributed by atoms with Crippen LogP contribution in [0.4, 0.5) is 0 Å². The highest BCUT2D eigenvalue weighted by molar-refractivity contribution is 5.89. The van der Waals surface area contributed by atoms with Crippen LogP contribution in [0.5, 0.6) is 0 Å². The Morgan fingerprint density at radius 2 is 1.81 bits per heavy atom. The molecule has 1 saturated carbocycles. The molecule has 3 fully saturated rings. The fourth-order valence-corrected chi connectivity index (χ4v) is 4.91. The zero-order valence-electron chi connectivity index (χ0n) is 15.2. The van der Waals surface area contributed by atoms with Gasteiger partial charge >= 0.3 is 0 Å². The molecule has 4 nitrogen and oxygen atoms in total. The standard InChI is InChI=1S/C22H27N3O/c26-22(25-11-8-17(15-25)24-12-9-23-10-13-24)21-14-20(21)19-7-3-5-16-4-1-2-6-18(16)19/h1-7,17,20-21,23H,8-15H2. The Kier molecular flexibility index (Phi) is 4.18. The van der Waals surface area contributed by atoms with E-state index in [0.717, 1.165) is 52.1 Å². The summed E-state index contributed by atoms with van der Waals surface area (Å²) in [6, 6.07) is 15.6. The van der Waals surface area contributed by atoms with Crippen molar-refractivity contribution in [1.82, 2.24) is 15.1 Å². The molecular weight excluding hydrogens is 322 g/mol. The summed E-state index contributed by atoms with van der Waals surface area (Å²) in [5.41, 5.74) is 1.36. The lowest BCUT2D eigenvalue weighted by molar-refractivity contribution is -0.131. The summed E-state index contributed by atoms with van der Waals surface area (Å²) in [6.07, 6.45) is 2.15. The van der Waals surface area contributed by atoms with E-state index in [1.807, 2.05) is 0 Å². The second-order valence-electron chi connectivity index (χ2n) is 8.03. The third-order valence-electron chi connectivity index (χ3n) is 6.47. The predicted molar refractivity (Wildman–Crippen MR) is 104 cm³/mol. The summed E-state index contributed by atoms with van der Waals surface area (Å²) in [4.78, 5) is 17.8. The maximum absolute atomic E-state index is 13.1. The quantitative estimate of drug-likeness (QED) is 0.925. The summed E-state index contributed by atoms with van der Waals surface area (Å²) in [7, 11) is 0. The minimum atomic E-state index is 0.197. The zero-order valence-corrected chi connectivity index (χ0v) is 15.2. The highest BCUT2D eigenvalue weighted by Gasteiger charge is 2.47. The first kappa shape index (κ1) is 16.3. The molecule has 2 saturated heterocycles. The SMILES string of the molecule is O=C(C1CC1c1cccc2ccccc12)N1CCC(N2CCNCC2)C1. The van der Waals surface area contributed by atoms with Crippen LogP contribution in [-0.2, 0) is 4.79 Å². The Balaban J connectivity index is 1.26. The average Bonchev–Trinajstić information content (AvgIpc) is 3.34. The van der Waals surface area contributed by atoms with E-state index in [4.69, 9.17) is 0 Å². The first-order valence-electron chi connectivity index (χ1n) is 10.0. The van der Waals surface area contributed by atoms with Gasteiger partial charge in [0.05, 0.1) is 0 Å². The Morgan fingerprint density at radius 3 is 2.69 bits per heavy atom. The van der Waals surface area contributed by atoms with E-state index in [-0.39, 0.29) is 5.92 Å². The molecule has 1 N–H and O–H groups in total. The van der Waals surface area contributed by atoms with Gasteiger partial charge in [0, 0.05) is 51.2 Å². The van der Waals surface area contributed by atoms with Crippen molar-refractivity contribution >= 4 is 16.7 Å². The molecule has 136 valence electrons. The molecule has 2 heterocycles. The van der Waals surface area contributed by atoms with Crippen LogP contribution in [-0.4, -0.2) is 61.0 Å². The van der Waals surface area contributed by atoms with Crippen molar-refractivity contribution in [3.63, 3.8) is 0 Å². The van der Waals surface area contributed by atoms with Crippen LogP contribution in [0.1, 0.15) is 24.3 Å².